The fourth-order valence-corrected chi connectivity index (χ4v) is 2.35. The summed E-state index contributed by atoms with van der Waals surface area (Å²) in [5.74, 6) is 0.682. The summed E-state index contributed by atoms with van der Waals surface area (Å²) < 4.78 is 15.7. The third kappa shape index (κ3) is 3.92. The van der Waals surface area contributed by atoms with Crippen LogP contribution in [0.4, 0.5) is 11.4 Å². The Morgan fingerprint density at radius 1 is 1.12 bits per heavy atom. The highest BCUT2D eigenvalue weighted by Gasteiger charge is 2.18. The van der Waals surface area contributed by atoms with Gasteiger partial charge in [0.05, 0.1) is 31.9 Å². The largest absolute Gasteiger partial charge is 0.502 e. The topological polar surface area (TPSA) is 103 Å². The van der Waals surface area contributed by atoms with E-state index in [4.69, 9.17) is 25.8 Å². The molecular formula is C16H15ClN2O6. The number of ether oxygens (including phenoxy) is 3. The van der Waals surface area contributed by atoms with Crippen LogP contribution in [0.3, 0.4) is 0 Å². The first-order valence-corrected chi connectivity index (χ1v) is 7.30. The van der Waals surface area contributed by atoms with Gasteiger partial charge in [0, 0.05) is 35.0 Å². The molecule has 0 amide bonds. The van der Waals surface area contributed by atoms with E-state index in [-0.39, 0.29) is 10.6 Å². The SMILES string of the molecule is COc1cc(N=Cc2cc(Cl)cc([N+](=O)[O-])c2O)cc(OC)c1OC. The number of benzene rings is 2. The quantitative estimate of drug-likeness (QED) is 0.474. The lowest BCUT2D eigenvalue weighted by atomic mass is 10.2. The predicted octanol–water partition coefficient (Wildman–Crippen LogP) is 3.73. The van der Waals surface area contributed by atoms with E-state index in [2.05, 4.69) is 4.99 Å². The van der Waals surface area contributed by atoms with Crippen LogP contribution in [-0.4, -0.2) is 37.6 Å². The van der Waals surface area contributed by atoms with Crippen molar-refractivity contribution < 1.29 is 24.2 Å². The fraction of sp³-hybridized carbons (Fsp3) is 0.188. The molecule has 1 N–H and O–H groups in total. The molecule has 0 saturated carbocycles. The van der Waals surface area contributed by atoms with Gasteiger partial charge in [-0.25, -0.2) is 0 Å². The Kier molecular flexibility index (Phi) is 5.66. The van der Waals surface area contributed by atoms with E-state index >= 15 is 0 Å². The minimum Gasteiger partial charge on any atom is -0.502 e. The van der Waals surface area contributed by atoms with Crippen LogP contribution in [0, 0.1) is 10.1 Å². The highest BCUT2D eigenvalue weighted by atomic mass is 35.5. The second-order valence-electron chi connectivity index (χ2n) is 4.76. The van der Waals surface area contributed by atoms with Gasteiger partial charge in [0.15, 0.2) is 11.5 Å². The lowest BCUT2D eigenvalue weighted by Gasteiger charge is -2.12. The summed E-state index contributed by atoms with van der Waals surface area (Å²) in [6.07, 6.45) is 1.26. The molecule has 0 heterocycles. The average molecular weight is 367 g/mol. The molecule has 0 bridgehead atoms. The van der Waals surface area contributed by atoms with Crippen molar-refractivity contribution >= 4 is 29.2 Å². The molecule has 0 saturated heterocycles. The second-order valence-corrected chi connectivity index (χ2v) is 5.20. The van der Waals surface area contributed by atoms with Crippen LogP contribution in [0.1, 0.15) is 5.56 Å². The summed E-state index contributed by atoms with van der Waals surface area (Å²) in [7, 11) is 4.42. The first kappa shape index (κ1) is 18.3. The van der Waals surface area contributed by atoms with E-state index in [1.54, 1.807) is 12.1 Å². The van der Waals surface area contributed by atoms with E-state index in [0.717, 1.165) is 6.07 Å². The number of aromatic hydroxyl groups is 1. The number of aliphatic imine (C=N–C) groups is 1. The first-order valence-electron chi connectivity index (χ1n) is 6.92. The van der Waals surface area contributed by atoms with Crippen molar-refractivity contribution in [3.8, 4) is 23.0 Å². The summed E-state index contributed by atoms with van der Waals surface area (Å²) in [6, 6.07) is 5.61. The van der Waals surface area contributed by atoms with Gasteiger partial charge in [-0.15, -0.1) is 0 Å². The van der Waals surface area contributed by atoms with Crippen LogP contribution in [0.15, 0.2) is 29.3 Å². The highest BCUT2D eigenvalue weighted by Crippen LogP contribution is 2.41. The second kappa shape index (κ2) is 7.71. The van der Waals surface area contributed by atoms with Crippen molar-refractivity contribution in [3.05, 3.63) is 45.0 Å². The molecule has 0 aromatic heterocycles. The van der Waals surface area contributed by atoms with Gasteiger partial charge in [0.25, 0.3) is 0 Å². The zero-order chi connectivity index (χ0) is 18.6. The molecule has 2 aromatic carbocycles. The summed E-state index contributed by atoms with van der Waals surface area (Å²) in [6.45, 7) is 0. The van der Waals surface area contributed by atoms with Crippen LogP contribution in [-0.2, 0) is 0 Å². The van der Waals surface area contributed by atoms with Gasteiger partial charge >= 0.3 is 5.69 Å². The standard InChI is InChI=1S/C16H15ClN2O6/c1-23-13-6-11(7-14(24-2)16(13)25-3)18-8-9-4-10(17)5-12(15(9)20)19(21)22/h4-8,20H,1-3H3. The zero-order valence-electron chi connectivity index (χ0n) is 13.6. The molecule has 0 spiro atoms. The first-order chi connectivity index (χ1) is 11.9. The third-order valence-electron chi connectivity index (χ3n) is 3.28. The normalized spacial score (nSPS) is 10.7. The molecule has 2 aromatic rings. The Morgan fingerprint density at radius 2 is 1.72 bits per heavy atom. The molecule has 0 atom stereocenters. The molecule has 0 aliphatic heterocycles. The Hall–Kier alpha value is -3.00. The summed E-state index contributed by atoms with van der Waals surface area (Å²) in [5.41, 5.74) is 0.0309. The van der Waals surface area contributed by atoms with Gasteiger partial charge < -0.3 is 19.3 Å². The Balaban J connectivity index is 2.48. The number of rotatable bonds is 6. The average Bonchev–Trinajstić information content (AvgIpc) is 2.60. The maximum atomic E-state index is 10.9. The summed E-state index contributed by atoms with van der Waals surface area (Å²) in [5, 5.41) is 21.0. The lowest BCUT2D eigenvalue weighted by molar-refractivity contribution is -0.385. The maximum Gasteiger partial charge on any atom is 0.312 e. The Labute approximate surface area is 148 Å². The number of methoxy groups -OCH3 is 3. The molecule has 25 heavy (non-hydrogen) atoms. The van der Waals surface area contributed by atoms with E-state index < -0.39 is 16.4 Å². The minimum absolute atomic E-state index is 0.105. The van der Waals surface area contributed by atoms with E-state index in [1.165, 1.54) is 33.6 Å². The van der Waals surface area contributed by atoms with Crippen molar-refractivity contribution in [1.29, 1.82) is 0 Å². The highest BCUT2D eigenvalue weighted by molar-refractivity contribution is 6.31. The minimum atomic E-state index is -0.724. The monoisotopic (exact) mass is 366 g/mol. The number of hydrogen-bond donors (Lipinski definition) is 1. The number of halogens is 1. The number of hydrogen-bond acceptors (Lipinski definition) is 7. The van der Waals surface area contributed by atoms with Crippen molar-refractivity contribution in [2.24, 2.45) is 4.99 Å². The molecule has 9 heteroatoms. The van der Waals surface area contributed by atoms with Gasteiger partial charge in [-0.2, -0.15) is 0 Å². The van der Waals surface area contributed by atoms with Crippen LogP contribution < -0.4 is 14.2 Å². The molecule has 132 valence electrons. The van der Waals surface area contributed by atoms with Crippen molar-refractivity contribution in [1.82, 2.24) is 0 Å². The van der Waals surface area contributed by atoms with Gasteiger partial charge in [0.1, 0.15) is 0 Å². The molecule has 0 radical (unpaired) electrons. The zero-order valence-corrected chi connectivity index (χ0v) is 14.4. The van der Waals surface area contributed by atoms with E-state index in [0.29, 0.717) is 22.9 Å². The van der Waals surface area contributed by atoms with Crippen LogP contribution >= 0.6 is 11.6 Å². The van der Waals surface area contributed by atoms with Crippen LogP contribution in [0.25, 0.3) is 0 Å². The van der Waals surface area contributed by atoms with Gasteiger partial charge in [-0.3, -0.25) is 15.1 Å². The molecule has 0 fully saturated rings. The van der Waals surface area contributed by atoms with Crippen LogP contribution in [0.2, 0.25) is 5.02 Å². The molecule has 0 unspecified atom stereocenters. The van der Waals surface area contributed by atoms with Crippen molar-refractivity contribution in [2.45, 2.75) is 0 Å². The van der Waals surface area contributed by atoms with E-state index in [9.17, 15) is 15.2 Å². The summed E-state index contributed by atoms with van der Waals surface area (Å²) in [4.78, 5) is 14.4. The number of phenols is 1. The van der Waals surface area contributed by atoms with Gasteiger partial charge in [0.2, 0.25) is 11.5 Å². The van der Waals surface area contributed by atoms with Crippen molar-refractivity contribution in [2.75, 3.05) is 21.3 Å². The molecule has 0 aliphatic carbocycles. The molecule has 0 aliphatic rings. The smallest absolute Gasteiger partial charge is 0.312 e. The predicted molar refractivity (Wildman–Crippen MR) is 93.1 cm³/mol. The molecule has 2 rings (SSSR count). The van der Waals surface area contributed by atoms with Crippen LogP contribution in [0.5, 0.6) is 23.0 Å². The number of nitro benzene ring substituents is 1. The number of nitrogens with zero attached hydrogens (tertiary/aromatic N) is 2. The Bertz CT molecular complexity index is 813. The third-order valence-corrected chi connectivity index (χ3v) is 3.50. The maximum absolute atomic E-state index is 10.9. The van der Waals surface area contributed by atoms with Gasteiger partial charge in [-0.1, -0.05) is 11.6 Å². The van der Waals surface area contributed by atoms with Gasteiger partial charge in [-0.05, 0) is 6.07 Å². The number of phenolic OH excluding ortho intramolecular Hbond substituents is 1. The Morgan fingerprint density at radius 3 is 2.20 bits per heavy atom. The lowest BCUT2D eigenvalue weighted by Crippen LogP contribution is -1.95. The molecule has 8 nitrogen and oxygen atoms in total. The summed E-state index contributed by atoms with van der Waals surface area (Å²) >= 11 is 5.85. The van der Waals surface area contributed by atoms with Crippen molar-refractivity contribution in [3.63, 3.8) is 0 Å². The molecular weight excluding hydrogens is 352 g/mol. The fourth-order valence-electron chi connectivity index (χ4n) is 2.13. The number of nitro groups is 1. The van der Waals surface area contributed by atoms with E-state index in [1.807, 2.05) is 0 Å².